The second-order valence-corrected chi connectivity index (χ2v) is 4.95. The first-order chi connectivity index (χ1) is 9.22. The smallest absolute Gasteiger partial charge is 0.227 e. The van der Waals surface area contributed by atoms with Crippen LogP contribution in [-0.4, -0.2) is 30.8 Å². The molecule has 0 aliphatic carbocycles. The Balaban J connectivity index is 1.94. The van der Waals surface area contributed by atoms with E-state index in [2.05, 4.69) is 5.32 Å². The number of halogens is 1. The zero-order chi connectivity index (χ0) is 13.7. The summed E-state index contributed by atoms with van der Waals surface area (Å²) in [5.74, 6) is 0.212. The summed E-state index contributed by atoms with van der Waals surface area (Å²) in [6.45, 7) is 1.02. The Hall–Kier alpha value is -1.55. The summed E-state index contributed by atoms with van der Waals surface area (Å²) in [6.07, 6.45) is 1.03. The van der Waals surface area contributed by atoms with Gasteiger partial charge in [0, 0.05) is 31.1 Å². The molecule has 4 nitrogen and oxygen atoms in total. The summed E-state index contributed by atoms with van der Waals surface area (Å²) in [6, 6.07) is 9.44. The molecule has 1 saturated heterocycles. The molecule has 2 rings (SSSR count). The van der Waals surface area contributed by atoms with Crippen molar-refractivity contribution in [2.75, 3.05) is 23.9 Å². The van der Waals surface area contributed by atoms with Gasteiger partial charge in [0.2, 0.25) is 11.8 Å². The lowest BCUT2D eigenvalue weighted by molar-refractivity contribution is -0.126. The van der Waals surface area contributed by atoms with Gasteiger partial charge in [-0.1, -0.05) is 18.2 Å². The number of hydrogen-bond donors (Lipinski definition) is 1. The van der Waals surface area contributed by atoms with Gasteiger partial charge < -0.3 is 10.2 Å². The van der Waals surface area contributed by atoms with Crippen LogP contribution in [0.2, 0.25) is 0 Å². The van der Waals surface area contributed by atoms with Crippen LogP contribution in [0.15, 0.2) is 30.3 Å². The van der Waals surface area contributed by atoms with Gasteiger partial charge in [0.15, 0.2) is 0 Å². The second kappa shape index (κ2) is 6.57. The first-order valence-corrected chi connectivity index (χ1v) is 6.95. The fourth-order valence-corrected chi connectivity index (χ4v) is 2.30. The zero-order valence-corrected chi connectivity index (χ0v) is 11.4. The number of carbonyl (C=O) groups is 2. The number of para-hydroxylation sites is 1. The molecule has 1 heterocycles. The number of carbonyl (C=O) groups excluding carboxylic acids is 2. The summed E-state index contributed by atoms with van der Waals surface area (Å²) in [5, 5.41) is 2.82. The lowest BCUT2D eigenvalue weighted by Gasteiger charge is -2.16. The van der Waals surface area contributed by atoms with Crippen LogP contribution in [0.3, 0.4) is 0 Å². The van der Waals surface area contributed by atoms with E-state index in [1.165, 1.54) is 0 Å². The fourth-order valence-electron chi connectivity index (χ4n) is 2.16. The van der Waals surface area contributed by atoms with Crippen molar-refractivity contribution >= 4 is 29.1 Å². The van der Waals surface area contributed by atoms with Gasteiger partial charge in [0.05, 0.1) is 5.92 Å². The van der Waals surface area contributed by atoms with Gasteiger partial charge in [-0.2, -0.15) is 0 Å². The van der Waals surface area contributed by atoms with Crippen LogP contribution in [0, 0.1) is 5.92 Å². The Kier molecular flexibility index (Phi) is 4.80. The van der Waals surface area contributed by atoms with Gasteiger partial charge in [0.25, 0.3) is 0 Å². The van der Waals surface area contributed by atoms with Gasteiger partial charge in [-0.25, -0.2) is 0 Å². The molecule has 0 spiro atoms. The molecule has 1 N–H and O–H groups in total. The molecular weight excluding hydrogens is 264 g/mol. The molecule has 0 radical (unpaired) electrons. The van der Waals surface area contributed by atoms with Crippen LogP contribution in [0.5, 0.6) is 0 Å². The van der Waals surface area contributed by atoms with E-state index in [9.17, 15) is 9.59 Å². The van der Waals surface area contributed by atoms with Crippen LogP contribution in [0.1, 0.15) is 12.8 Å². The molecule has 1 aromatic rings. The maximum absolute atomic E-state index is 11.9. The second-order valence-electron chi connectivity index (χ2n) is 4.57. The predicted octanol–water partition coefficient (Wildman–Crippen LogP) is 1.78. The van der Waals surface area contributed by atoms with Gasteiger partial charge in [-0.15, -0.1) is 11.6 Å². The molecule has 102 valence electrons. The lowest BCUT2D eigenvalue weighted by Crippen LogP contribution is -2.33. The van der Waals surface area contributed by atoms with Gasteiger partial charge in [-0.3, -0.25) is 9.59 Å². The number of nitrogens with one attached hydrogen (secondary N) is 1. The SMILES string of the molecule is O=C(NCCCCl)C1CC(=O)N(c2ccccc2)C1. The van der Waals surface area contributed by atoms with Crippen molar-refractivity contribution in [3.05, 3.63) is 30.3 Å². The number of anilines is 1. The van der Waals surface area contributed by atoms with Gasteiger partial charge in [0.1, 0.15) is 0 Å². The molecule has 0 bridgehead atoms. The number of hydrogen-bond acceptors (Lipinski definition) is 2. The third kappa shape index (κ3) is 3.47. The minimum absolute atomic E-state index is 0.00342. The molecule has 5 heteroatoms. The topological polar surface area (TPSA) is 49.4 Å². The van der Waals surface area contributed by atoms with E-state index in [-0.39, 0.29) is 24.2 Å². The Morgan fingerprint density at radius 2 is 2.11 bits per heavy atom. The Morgan fingerprint density at radius 3 is 2.79 bits per heavy atom. The maximum atomic E-state index is 11.9. The quantitative estimate of drug-likeness (QED) is 0.660. The molecule has 1 fully saturated rings. The van der Waals surface area contributed by atoms with E-state index >= 15 is 0 Å². The van der Waals surface area contributed by atoms with Crippen LogP contribution in [-0.2, 0) is 9.59 Å². The van der Waals surface area contributed by atoms with Crippen LogP contribution in [0.4, 0.5) is 5.69 Å². The molecule has 19 heavy (non-hydrogen) atoms. The molecule has 1 aromatic carbocycles. The summed E-state index contributed by atoms with van der Waals surface area (Å²) in [7, 11) is 0. The van der Waals surface area contributed by atoms with E-state index in [4.69, 9.17) is 11.6 Å². The Bertz CT molecular complexity index is 450. The maximum Gasteiger partial charge on any atom is 0.227 e. The zero-order valence-electron chi connectivity index (χ0n) is 10.6. The van der Waals surface area contributed by atoms with E-state index in [1.54, 1.807) is 4.90 Å². The molecule has 1 aliphatic rings. The highest BCUT2D eigenvalue weighted by atomic mass is 35.5. The minimum atomic E-state index is -0.261. The summed E-state index contributed by atoms with van der Waals surface area (Å²) in [4.78, 5) is 25.5. The number of alkyl halides is 1. The van der Waals surface area contributed by atoms with Crippen molar-refractivity contribution in [1.82, 2.24) is 5.32 Å². The van der Waals surface area contributed by atoms with Crippen LogP contribution < -0.4 is 10.2 Å². The number of nitrogens with zero attached hydrogens (tertiary/aromatic N) is 1. The van der Waals surface area contributed by atoms with Crippen molar-refractivity contribution in [1.29, 1.82) is 0 Å². The molecule has 2 amide bonds. The van der Waals surface area contributed by atoms with E-state index in [0.29, 0.717) is 19.0 Å². The van der Waals surface area contributed by atoms with Gasteiger partial charge >= 0.3 is 0 Å². The third-order valence-corrected chi connectivity index (χ3v) is 3.44. The van der Waals surface area contributed by atoms with E-state index in [1.807, 2.05) is 30.3 Å². The normalized spacial score (nSPS) is 18.7. The monoisotopic (exact) mass is 280 g/mol. The minimum Gasteiger partial charge on any atom is -0.356 e. The Labute approximate surface area is 117 Å². The summed E-state index contributed by atoms with van der Waals surface area (Å²) < 4.78 is 0. The highest BCUT2D eigenvalue weighted by Gasteiger charge is 2.34. The highest BCUT2D eigenvalue weighted by molar-refractivity contribution is 6.17. The van der Waals surface area contributed by atoms with Crippen LogP contribution in [0.25, 0.3) is 0 Å². The van der Waals surface area contributed by atoms with Crippen molar-refractivity contribution < 1.29 is 9.59 Å². The predicted molar refractivity (Wildman–Crippen MR) is 75.2 cm³/mol. The third-order valence-electron chi connectivity index (χ3n) is 3.17. The summed E-state index contributed by atoms with van der Waals surface area (Å²) >= 11 is 5.56. The first-order valence-electron chi connectivity index (χ1n) is 6.41. The standard InChI is InChI=1S/C14H17ClN2O2/c15-7-4-8-16-14(19)11-9-13(18)17(10-11)12-5-2-1-3-6-12/h1-3,5-6,11H,4,7-10H2,(H,16,19). The van der Waals surface area contributed by atoms with Crippen LogP contribution >= 0.6 is 11.6 Å². The molecule has 1 unspecified atom stereocenters. The largest absolute Gasteiger partial charge is 0.356 e. The fraction of sp³-hybridized carbons (Fsp3) is 0.429. The number of amides is 2. The first kappa shape index (κ1) is 13.9. The molecule has 0 aromatic heterocycles. The van der Waals surface area contributed by atoms with Crippen molar-refractivity contribution in [2.24, 2.45) is 5.92 Å². The Morgan fingerprint density at radius 1 is 1.37 bits per heavy atom. The average Bonchev–Trinajstić information content (AvgIpc) is 2.82. The highest BCUT2D eigenvalue weighted by Crippen LogP contribution is 2.24. The van der Waals surface area contributed by atoms with Gasteiger partial charge in [-0.05, 0) is 18.6 Å². The number of rotatable bonds is 5. The van der Waals surface area contributed by atoms with Crippen molar-refractivity contribution in [2.45, 2.75) is 12.8 Å². The van der Waals surface area contributed by atoms with E-state index in [0.717, 1.165) is 12.1 Å². The molecular formula is C14H17ClN2O2. The average molecular weight is 281 g/mol. The lowest BCUT2D eigenvalue weighted by atomic mass is 10.1. The molecule has 1 atom stereocenters. The van der Waals surface area contributed by atoms with Crippen molar-refractivity contribution in [3.63, 3.8) is 0 Å². The molecule has 1 aliphatic heterocycles. The molecule has 0 saturated carbocycles. The number of benzene rings is 1. The van der Waals surface area contributed by atoms with E-state index < -0.39 is 0 Å². The summed E-state index contributed by atoms with van der Waals surface area (Å²) in [5.41, 5.74) is 0.851. The van der Waals surface area contributed by atoms with Crippen molar-refractivity contribution in [3.8, 4) is 0 Å².